The number of carboxylic acids is 1. The van der Waals surface area contributed by atoms with Crippen LogP contribution in [-0.2, 0) is 14.9 Å². The van der Waals surface area contributed by atoms with Crippen molar-refractivity contribution in [3.05, 3.63) is 0 Å². The highest BCUT2D eigenvalue weighted by molar-refractivity contribution is 7.85. The van der Waals surface area contributed by atoms with Crippen molar-refractivity contribution in [2.75, 3.05) is 12.3 Å². The van der Waals surface area contributed by atoms with Gasteiger partial charge in [0.05, 0.1) is 5.75 Å². The van der Waals surface area contributed by atoms with E-state index in [1.165, 1.54) is 0 Å². The lowest BCUT2D eigenvalue weighted by atomic mass is 10.2. The van der Waals surface area contributed by atoms with Crippen molar-refractivity contribution < 1.29 is 22.9 Å². The number of unbranched alkanes of at least 4 members (excludes halogenated alkanes) is 2. The first-order valence-corrected chi connectivity index (χ1v) is 6.89. The molecule has 0 heterocycles. The van der Waals surface area contributed by atoms with Gasteiger partial charge in [-0.15, -0.1) is 0 Å². The van der Waals surface area contributed by atoms with Gasteiger partial charge in [0.2, 0.25) is 0 Å². The van der Waals surface area contributed by atoms with Crippen LogP contribution in [0.4, 0.5) is 0 Å². The van der Waals surface area contributed by atoms with Crippen molar-refractivity contribution in [1.29, 1.82) is 0 Å². The number of nitrogens with one attached hydrogen (secondary N) is 1. The number of hydrogen-bond acceptors (Lipinski definition) is 4. The van der Waals surface area contributed by atoms with Gasteiger partial charge in [-0.25, -0.2) is 0 Å². The van der Waals surface area contributed by atoms with Crippen LogP contribution in [0.2, 0.25) is 0 Å². The minimum Gasteiger partial charge on any atom is -0.480 e. The van der Waals surface area contributed by atoms with Gasteiger partial charge >= 0.3 is 5.97 Å². The summed E-state index contributed by atoms with van der Waals surface area (Å²) in [6.07, 6.45) is 2.76. The van der Waals surface area contributed by atoms with Crippen LogP contribution in [0.15, 0.2) is 0 Å². The van der Waals surface area contributed by atoms with Gasteiger partial charge in [0.15, 0.2) is 0 Å². The molecule has 0 bridgehead atoms. The van der Waals surface area contributed by atoms with Crippen LogP contribution in [0, 0.1) is 0 Å². The number of carbonyl (C=O) groups is 1. The monoisotopic (exact) mass is 253 g/mol. The third-order valence-corrected chi connectivity index (χ3v) is 2.89. The van der Waals surface area contributed by atoms with E-state index in [-0.39, 0.29) is 6.42 Å². The Labute approximate surface area is 95.8 Å². The highest BCUT2D eigenvalue weighted by Gasteiger charge is 2.19. The topological polar surface area (TPSA) is 104 Å². The standard InChI is InChI=1S/C9H19NO5S/c1-2-3-4-6-10-8(9(11)12)5-7-16(13,14)15/h8,10H,2-7H2,1H3,(H,11,12)(H,13,14,15)/t8-/m0/s1. The summed E-state index contributed by atoms with van der Waals surface area (Å²) >= 11 is 0. The summed E-state index contributed by atoms with van der Waals surface area (Å²) in [4.78, 5) is 10.7. The quantitative estimate of drug-likeness (QED) is 0.408. The Kier molecular flexibility index (Phi) is 7.27. The maximum Gasteiger partial charge on any atom is 0.320 e. The molecule has 0 radical (unpaired) electrons. The summed E-state index contributed by atoms with van der Waals surface area (Å²) in [7, 11) is -4.09. The Morgan fingerprint density at radius 2 is 2.00 bits per heavy atom. The molecule has 0 aliphatic heterocycles. The largest absolute Gasteiger partial charge is 0.480 e. The molecule has 3 N–H and O–H groups in total. The van der Waals surface area contributed by atoms with Crippen LogP contribution in [0.3, 0.4) is 0 Å². The van der Waals surface area contributed by atoms with E-state index in [0.717, 1.165) is 19.3 Å². The predicted octanol–water partition coefficient (Wildman–Crippen LogP) is 0.497. The second-order valence-corrected chi connectivity index (χ2v) is 5.20. The summed E-state index contributed by atoms with van der Waals surface area (Å²) in [6.45, 7) is 2.57. The Bertz CT molecular complexity index is 301. The van der Waals surface area contributed by atoms with Crippen molar-refractivity contribution >= 4 is 16.1 Å². The molecular formula is C9H19NO5S. The molecule has 1 atom stereocenters. The lowest BCUT2D eigenvalue weighted by molar-refractivity contribution is -0.139. The molecule has 0 saturated heterocycles. The summed E-state index contributed by atoms with van der Waals surface area (Å²) in [6, 6.07) is -0.918. The van der Waals surface area contributed by atoms with E-state index in [1.54, 1.807) is 0 Å². The molecule has 0 amide bonds. The van der Waals surface area contributed by atoms with Crippen molar-refractivity contribution in [2.24, 2.45) is 0 Å². The van der Waals surface area contributed by atoms with Gasteiger partial charge in [-0.3, -0.25) is 9.35 Å². The first-order chi connectivity index (χ1) is 7.37. The number of aliphatic carboxylic acids is 1. The molecule has 0 unspecified atom stereocenters. The van der Waals surface area contributed by atoms with Crippen molar-refractivity contribution in [3.8, 4) is 0 Å². The van der Waals surface area contributed by atoms with Crippen LogP contribution in [0.1, 0.15) is 32.6 Å². The first-order valence-electron chi connectivity index (χ1n) is 5.28. The molecule has 0 aromatic rings. The zero-order chi connectivity index (χ0) is 12.6. The molecule has 0 aliphatic rings. The van der Waals surface area contributed by atoms with Gasteiger partial charge in [-0.2, -0.15) is 8.42 Å². The van der Waals surface area contributed by atoms with E-state index in [1.807, 2.05) is 6.92 Å². The maximum atomic E-state index is 10.7. The maximum absolute atomic E-state index is 10.7. The fourth-order valence-corrected chi connectivity index (χ4v) is 1.76. The minimum atomic E-state index is -4.09. The highest BCUT2D eigenvalue weighted by atomic mass is 32.2. The molecule has 0 fully saturated rings. The van der Waals surface area contributed by atoms with Crippen molar-refractivity contribution in [2.45, 2.75) is 38.6 Å². The van der Waals surface area contributed by atoms with Crippen LogP contribution in [0.5, 0.6) is 0 Å². The average Bonchev–Trinajstić information content (AvgIpc) is 2.14. The van der Waals surface area contributed by atoms with Gasteiger partial charge in [-0.1, -0.05) is 19.8 Å². The predicted molar refractivity (Wildman–Crippen MR) is 60.0 cm³/mol. The van der Waals surface area contributed by atoms with E-state index in [4.69, 9.17) is 9.66 Å². The molecule has 0 aromatic carbocycles. The zero-order valence-electron chi connectivity index (χ0n) is 9.35. The summed E-state index contributed by atoms with van der Waals surface area (Å²) in [5, 5.41) is 11.5. The lowest BCUT2D eigenvalue weighted by Gasteiger charge is -2.13. The first kappa shape index (κ1) is 15.3. The van der Waals surface area contributed by atoms with Crippen LogP contribution in [-0.4, -0.2) is 42.4 Å². The lowest BCUT2D eigenvalue weighted by Crippen LogP contribution is -2.38. The van der Waals surface area contributed by atoms with E-state index in [2.05, 4.69) is 5.32 Å². The summed E-state index contributed by atoms with van der Waals surface area (Å²) in [5.74, 6) is -1.63. The van der Waals surface area contributed by atoms with Crippen LogP contribution >= 0.6 is 0 Å². The molecule has 0 aliphatic carbocycles. The van der Waals surface area contributed by atoms with Gasteiger partial charge in [0.25, 0.3) is 10.1 Å². The summed E-state index contributed by atoms with van der Waals surface area (Å²) in [5.41, 5.74) is 0. The van der Waals surface area contributed by atoms with E-state index in [9.17, 15) is 13.2 Å². The molecule has 0 saturated carbocycles. The molecule has 16 heavy (non-hydrogen) atoms. The third kappa shape index (κ3) is 8.63. The van der Waals surface area contributed by atoms with Crippen molar-refractivity contribution in [3.63, 3.8) is 0 Å². The Morgan fingerprint density at radius 1 is 1.38 bits per heavy atom. The second-order valence-electron chi connectivity index (χ2n) is 3.63. The number of hydrogen-bond donors (Lipinski definition) is 3. The van der Waals surface area contributed by atoms with Gasteiger partial charge in [-0.05, 0) is 19.4 Å². The second kappa shape index (κ2) is 7.59. The van der Waals surface area contributed by atoms with Gasteiger partial charge in [0, 0.05) is 0 Å². The fourth-order valence-electron chi connectivity index (χ4n) is 1.23. The summed E-state index contributed by atoms with van der Waals surface area (Å²) < 4.78 is 29.4. The molecule has 6 nitrogen and oxygen atoms in total. The molecule has 0 spiro atoms. The normalized spacial score (nSPS) is 13.6. The highest BCUT2D eigenvalue weighted by Crippen LogP contribution is 1.98. The molecule has 0 aromatic heterocycles. The van der Waals surface area contributed by atoms with E-state index in [0.29, 0.717) is 6.54 Å². The average molecular weight is 253 g/mol. The Balaban J connectivity index is 3.94. The number of carboxylic acid groups (broad SMARTS) is 1. The smallest absolute Gasteiger partial charge is 0.320 e. The third-order valence-electron chi connectivity index (χ3n) is 2.13. The van der Waals surface area contributed by atoms with Gasteiger partial charge < -0.3 is 10.4 Å². The Morgan fingerprint density at radius 3 is 2.44 bits per heavy atom. The fraction of sp³-hybridized carbons (Fsp3) is 0.889. The molecule has 0 rings (SSSR count). The van der Waals surface area contributed by atoms with E-state index >= 15 is 0 Å². The van der Waals surface area contributed by atoms with Crippen LogP contribution < -0.4 is 5.32 Å². The van der Waals surface area contributed by atoms with Gasteiger partial charge in [0.1, 0.15) is 6.04 Å². The zero-order valence-corrected chi connectivity index (χ0v) is 10.2. The minimum absolute atomic E-state index is 0.125. The molecular weight excluding hydrogens is 234 g/mol. The molecule has 7 heteroatoms. The van der Waals surface area contributed by atoms with E-state index < -0.39 is 27.9 Å². The Hall–Kier alpha value is -0.660. The SMILES string of the molecule is CCCCCN[C@@H](CCS(=O)(=O)O)C(=O)O. The molecule has 96 valence electrons. The number of rotatable bonds is 9. The van der Waals surface area contributed by atoms with Crippen molar-refractivity contribution in [1.82, 2.24) is 5.32 Å². The van der Waals surface area contributed by atoms with Crippen LogP contribution in [0.25, 0.3) is 0 Å².